The minimum atomic E-state index is 0.0673. The van der Waals surface area contributed by atoms with E-state index in [1.54, 1.807) is 11.3 Å². The maximum absolute atomic E-state index is 9.55. The van der Waals surface area contributed by atoms with Crippen molar-refractivity contribution >= 4 is 16.5 Å². The number of anilines is 1. The molecule has 90 valence electrons. The summed E-state index contributed by atoms with van der Waals surface area (Å²) in [6, 6.07) is 0. The quantitative estimate of drug-likeness (QED) is 0.848. The van der Waals surface area contributed by atoms with Crippen molar-refractivity contribution < 1.29 is 5.11 Å². The van der Waals surface area contributed by atoms with Gasteiger partial charge in [-0.15, -0.1) is 10.2 Å². The molecule has 4 nitrogen and oxygen atoms in total. The van der Waals surface area contributed by atoms with Crippen LogP contribution >= 0.6 is 11.3 Å². The van der Waals surface area contributed by atoms with Crippen molar-refractivity contribution in [2.75, 3.05) is 18.5 Å². The van der Waals surface area contributed by atoms with Crippen LogP contribution in [0.2, 0.25) is 0 Å². The smallest absolute Gasteiger partial charge is 0.205 e. The SMILES string of the molecule is Cc1nnc(NCC2(CO)CCCCC2)s1. The van der Waals surface area contributed by atoms with E-state index in [1.807, 2.05) is 6.92 Å². The number of nitrogens with one attached hydrogen (secondary N) is 1. The van der Waals surface area contributed by atoms with Gasteiger partial charge >= 0.3 is 0 Å². The van der Waals surface area contributed by atoms with Crippen molar-refractivity contribution in [3.05, 3.63) is 5.01 Å². The van der Waals surface area contributed by atoms with Crippen LogP contribution in [0, 0.1) is 12.3 Å². The lowest BCUT2D eigenvalue weighted by molar-refractivity contribution is 0.0944. The molecule has 5 heteroatoms. The van der Waals surface area contributed by atoms with Gasteiger partial charge in [0.1, 0.15) is 5.01 Å². The molecule has 1 saturated carbocycles. The third-order valence-electron chi connectivity index (χ3n) is 3.39. The molecule has 0 bridgehead atoms. The van der Waals surface area contributed by atoms with Crippen molar-refractivity contribution in [1.29, 1.82) is 0 Å². The van der Waals surface area contributed by atoms with Crippen molar-refractivity contribution in [2.45, 2.75) is 39.0 Å². The molecule has 1 aliphatic carbocycles. The van der Waals surface area contributed by atoms with Crippen molar-refractivity contribution in [3.63, 3.8) is 0 Å². The topological polar surface area (TPSA) is 58.0 Å². The molecule has 1 aromatic heterocycles. The second kappa shape index (κ2) is 5.10. The molecule has 0 amide bonds. The van der Waals surface area contributed by atoms with Gasteiger partial charge in [0.2, 0.25) is 5.13 Å². The average Bonchev–Trinajstić information content (AvgIpc) is 2.74. The van der Waals surface area contributed by atoms with Gasteiger partial charge in [-0.25, -0.2) is 0 Å². The summed E-state index contributed by atoms with van der Waals surface area (Å²) >= 11 is 1.57. The van der Waals surface area contributed by atoms with Crippen molar-refractivity contribution in [1.82, 2.24) is 10.2 Å². The van der Waals surface area contributed by atoms with Crippen LogP contribution in [0.1, 0.15) is 37.1 Å². The number of aromatic nitrogens is 2. The highest BCUT2D eigenvalue weighted by Crippen LogP contribution is 2.36. The van der Waals surface area contributed by atoms with Gasteiger partial charge in [0, 0.05) is 12.0 Å². The van der Waals surface area contributed by atoms with Gasteiger partial charge in [-0.05, 0) is 19.8 Å². The molecule has 0 saturated heterocycles. The molecular weight excluding hydrogens is 222 g/mol. The second-order valence-corrected chi connectivity index (χ2v) is 5.88. The summed E-state index contributed by atoms with van der Waals surface area (Å²) in [7, 11) is 0. The Kier molecular flexibility index (Phi) is 3.76. The predicted octanol–water partition coefficient (Wildman–Crippen LogP) is 2.20. The van der Waals surface area contributed by atoms with Gasteiger partial charge in [0.25, 0.3) is 0 Å². The number of aliphatic hydroxyl groups is 1. The van der Waals surface area contributed by atoms with Crippen LogP contribution in [0.15, 0.2) is 0 Å². The Bertz CT molecular complexity index is 334. The first-order chi connectivity index (χ1) is 7.74. The molecular formula is C11H19N3OS. The maximum atomic E-state index is 9.55. The van der Waals surface area contributed by atoms with E-state index >= 15 is 0 Å². The number of rotatable bonds is 4. The first kappa shape index (κ1) is 11.8. The van der Waals surface area contributed by atoms with E-state index in [-0.39, 0.29) is 12.0 Å². The highest BCUT2D eigenvalue weighted by Gasteiger charge is 2.31. The van der Waals surface area contributed by atoms with E-state index < -0.39 is 0 Å². The summed E-state index contributed by atoms with van der Waals surface area (Å²) in [5.41, 5.74) is 0.0673. The third-order valence-corrected chi connectivity index (χ3v) is 4.19. The van der Waals surface area contributed by atoms with Crippen LogP contribution < -0.4 is 5.32 Å². The molecule has 0 aromatic carbocycles. The lowest BCUT2D eigenvalue weighted by Crippen LogP contribution is -2.35. The summed E-state index contributed by atoms with van der Waals surface area (Å²) in [5.74, 6) is 0. The van der Waals surface area contributed by atoms with Crippen LogP contribution in [0.5, 0.6) is 0 Å². The van der Waals surface area contributed by atoms with Gasteiger partial charge < -0.3 is 10.4 Å². The van der Waals surface area contributed by atoms with Crippen molar-refractivity contribution in [3.8, 4) is 0 Å². The molecule has 1 fully saturated rings. The average molecular weight is 241 g/mol. The van der Waals surface area contributed by atoms with E-state index in [4.69, 9.17) is 0 Å². The summed E-state index contributed by atoms with van der Waals surface area (Å²) in [4.78, 5) is 0. The van der Waals surface area contributed by atoms with E-state index in [0.29, 0.717) is 0 Å². The van der Waals surface area contributed by atoms with Crippen LogP contribution in [0.4, 0.5) is 5.13 Å². The molecule has 0 aliphatic heterocycles. The minimum Gasteiger partial charge on any atom is -0.396 e. The number of aliphatic hydroxyl groups excluding tert-OH is 1. The van der Waals surface area contributed by atoms with Gasteiger partial charge in [-0.1, -0.05) is 30.6 Å². The fourth-order valence-electron chi connectivity index (χ4n) is 2.32. The van der Waals surface area contributed by atoms with Crippen LogP contribution in [-0.4, -0.2) is 28.5 Å². The van der Waals surface area contributed by atoms with E-state index in [9.17, 15) is 5.11 Å². The lowest BCUT2D eigenvalue weighted by Gasteiger charge is -2.35. The molecule has 1 aromatic rings. The lowest BCUT2D eigenvalue weighted by atomic mass is 9.74. The fraction of sp³-hybridized carbons (Fsp3) is 0.818. The summed E-state index contributed by atoms with van der Waals surface area (Å²) in [5, 5.41) is 22.7. The fourth-order valence-corrected chi connectivity index (χ4v) is 2.91. The van der Waals surface area contributed by atoms with E-state index in [0.717, 1.165) is 29.5 Å². The Labute approximate surface area is 100 Å². The Balaban J connectivity index is 1.91. The number of hydrogen-bond acceptors (Lipinski definition) is 5. The summed E-state index contributed by atoms with van der Waals surface area (Å²) < 4.78 is 0. The Hall–Kier alpha value is -0.680. The number of nitrogens with zero attached hydrogens (tertiary/aromatic N) is 2. The Morgan fingerprint density at radius 1 is 1.31 bits per heavy atom. The zero-order valence-electron chi connectivity index (χ0n) is 9.70. The second-order valence-electron chi connectivity index (χ2n) is 4.70. The first-order valence-corrected chi connectivity index (χ1v) is 6.71. The first-order valence-electron chi connectivity index (χ1n) is 5.89. The minimum absolute atomic E-state index is 0.0673. The molecule has 2 N–H and O–H groups in total. The monoisotopic (exact) mass is 241 g/mol. The third kappa shape index (κ3) is 2.71. The Morgan fingerprint density at radius 3 is 2.62 bits per heavy atom. The zero-order chi connectivity index (χ0) is 11.4. The molecule has 0 spiro atoms. The molecule has 1 heterocycles. The largest absolute Gasteiger partial charge is 0.396 e. The van der Waals surface area contributed by atoms with Crippen LogP contribution in [0.25, 0.3) is 0 Å². The van der Waals surface area contributed by atoms with Crippen LogP contribution in [0.3, 0.4) is 0 Å². The maximum Gasteiger partial charge on any atom is 0.205 e. The number of aryl methyl sites for hydroxylation is 1. The zero-order valence-corrected chi connectivity index (χ0v) is 10.5. The molecule has 16 heavy (non-hydrogen) atoms. The molecule has 2 rings (SSSR count). The predicted molar refractivity (Wildman–Crippen MR) is 65.7 cm³/mol. The van der Waals surface area contributed by atoms with Gasteiger partial charge in [0.15, 0.2) is 0 Å². The van der Waals surface area contributed by atoms with Gasteiger partial charge in [0.05, 0.1) is 6.61 Å². The molecule has 1 aliphatic rings. The molecule has 0 unspecified atom stereocenters. The highest BCUT2D eigenvalue weighted by molar-refractivity contribution is 7.15. The standard InChI is InChI=1S/C11H19N3OS/c1-9-13-14-10(16-9)12-7-11(8-15)5-3-2-4-6-11/h15H,2-8H2,1H3,(H,12,14). The highest BCUT2D eigenvalue weighted by atomic mass is 32.1. The van der Waals surface area contributed by atoms with E-state index in [1.165, 1.54) is 19.3 Å². The number of hydrogen-bond donors (Lipinski definition) is 2. The van der Waals surface area contributed by atoms with Crippen LogP contribution in [-0.2, 0) is 0 Å². The van der Waals surface area contributed by atoms with Crippen molar-refractivity contribution in [2.24, 2.45) is 5.41 Å². The normalized spacial score (nSPS) is 19.6. The molecule has 0 radical (unpaired) electrons. The summed E-state index contributed by atoms with van der Waals surface area (Å²) in [6.07, 6.45) is 6.01. The van der Waals surface area contributed by atoms with Gasteiger partial charge in [-0.3, -0.25) is 0 Å². The summed E-state index contributed by atoms with van der Waals surface area (Å²) in [6.45, 7) is 3.04. The van der Waals surface area contributed by atoms with Gasteiger partial charge in [-0.2, -0.15) is 0 Å². The Morgan fingerprint density at radius 2 is 2.06 bits per heavy atom. The van der Waals surface area contributed by atoms with E-state index in [2.05, 4.69) is 15.5 Å². The molecule has 0 atom stereocenters.